The number of rotatable bonds is 3. The summed E-state index contributed by atoms with van der Waals surface area (Å²) in [4.78, 5) is 36.5. The van der Waals surface area contributed by atoms with E-state index in [1.54, 1.807) is 12.1 Å². The lowest BCUT2D eigenvalue weighted by Gasteiger charge is -2.05. The number of primary amides is 1. The fourth-order valence-corrected chi connectivity index (χ4v) is 1.57. The van der Waals surface area contributed by atoms with Gasteiger partial charge in [-0.05, 0) is 5.56 Å². The topological polar surface area (TPSA) is 97.9 Å². The summed E-state index contributed by atoms with van der Waals surface area (Å²) >= 11 is 0. The lowest BCUT2D eigenvalue weighted by atomic mass is 10.2. The number of hydrogen-bond acceptors (Lipinski definition) is 3. The van der Waals surface area contributed by atoms with Crippen molar-refractivity contribution in [2.24, 2.45) is 5.73 Å². The van der Waals surface area contributed by atoms with Crippen molar-refractivity contribution in [3.63, 3.8) is 0 Å². The van der Waals surface area contributed by atoms with Crippen molar-refractivity contribution >= 4 is 5.91 Å². The van der Waals surface area contributed by atoms with Crippen molar-refractivity contribution in [1.29, 1.82) is 0 Å². The van der Waals surface area contributed by atoms with Gasteiger partial charge in [0.25, 0.3) is 11.5 Å². The van der Waals surface area contributed by atoms with Crippen LogP contribution in [-0.2, 0) is 6.54 Å². The number of aromatic nitrogens is 2. The van der Waals surface area contributed by atoms with Gasteiger partial charge < -0.3 is 10.7 Å². The van der Waals surface area contributed by atoms with Crippen molar-refractivity contribution < 1.29 is 4.79 Å². The molecule has 6 heteroatoms. The summed E-state index contributed by atoms with van der Waals surface area (Å²) in [5, 5.41) is 0. The Hall–Kier alpha value is -2.63. The second kappa shape index (κ2) is 4.70. The number of carbonyl (C=O) groups excluding carboxylic acids is 1. The van der Waals surface area contributed by atoms with Crippen LogP contribution in [0.2, 0.25) is 0 Å². The van der Waals surface area contributed by atoms with Gasteiger partial charge in [-0.1, -0.05) is 30.3 Å². The Morgan fingerprint density at radius 2 is 1.89 bits per heavy atom. The van der Waals surface area contributed by atoms with Crippen molar-refractivity contribution in [3.8, 4) is 0 Å². The van der Waals surface area contributed by atoms with E-state index in [0.717, 1.165) is 16.2 Å². The van der Waals surface area contributed by atoms with Crippen LogP contribution in [0.5, 0.6) is 0 Å². The fraction of sp³-hybridized carbons (Fsp3) is 0.0833. The molecule has 6 nitrogen and oxygen atoms in total. The Labute approximate surface area is 102 Å². The Bertz CT molecular complexity index is 654. The van der Waals surface area contributed by atoms with Crippen molar-refractivity contribution in [3.05, 3.63) is 68.5 Å². The zero-order valence-corrected chi connectivity index (χ0v) is 9.42. The third-order valence-electron chi connectivity index (χ3n) is 2.47. The van der Waals surface area contributed by atoms with Gasteiger partial charge in [-0.15, -0.1) is 0 Å². The monoisotopic (exact) mass is 245 g/mol. The lowest BCUT2D eigenvalue weighted by Crippen LogP contribution is -2.37. The number of benzene rings is 1. The van der Waals surface area contributed by atoms with Crippen LogP contribution in [0.1, 0.15) is 16.1 Å². The molecule has 92 valence electrons. The molecule has 0 bridgehead atoms. The summed E-state index contributed by atoms with van der Waals surface area (Å²) in [6, 6.07) is 10.1. The second-order valence-electron chi connectivity index (χ2n) is 3.76. The standard InChI is InChI=1S/C12H11N3O3/c13-11(17)9-6-10(16)15(12(18)14-9)7-8-4-2-1-3-5-8/h1-6H,7H2,(H2,13,17)(H,14,18). The van der Waals surface area contributed by atoms with E-state index in [4.69, 9.17) is 5.73 Å². The molecule has 2 rings (SSSR count). The van der Waals surface area contributed by atoms with E-state index >= 15 is 0 Å². The highest BCUT2D eigenvalue weighted by Gasteiger charge is 2.08. The van der Waals surface area contributed by atoms with Crippen molar-refractivity contribution in [2.45, 2.75) is 6.54 Å². The van der Waals surface area contributed by atoms with E-state index < -0.39 is 17.2 Å². The first kappa shape index (κ1) is 11.8. The number of aromatic amines is 1. The third-order valence-corrected chi connectivity index (χ3v) is 2.47. The van der Waals surface area contributed by atoms with E-state index in [9.17, 15) is 14.4 Å². The quantitative estimate of drug-likeness (QED) is 0.775. The van der Waals surface area contributed by atoms with Crippen LogP contribution < -0.4 is 17.0 Å². The number of hydrogen-bond donors (Lipinski definition) is 2. The minimum absolute atomic E-state index is 0.147. The molecule has 0 radical (unpaired) electrons. The summed E-state index contributed by atoms with van der Waals surface area (Å²) < 4.78 is 1.00. The van der Waals surface area contributed by atoms with Crippen LogP contribution >= 0.6 is 0 Å². The Balaban J connectivity index is 2.44. The predicted molar refractivity (Wildman–Crippen MR) is 65.4 cm³/mol. The zero-order valence-electron chi connectivity index (χ0n) is 9.42. The number of amides is 1. The maximum absolute atomic E-state index is 11.7. The van der Waals surface area contributed by atoms with Gasteiger partial charge in [0.15, 0.2) is 0 Å². The van der Waals surface area contributed by atoms with Gasteiger partial charge in [0, 0.05) is 6.07 Å². The summed E-state index contributed by atoms with van der Waals surface area (Å²) in [6.07, 6.45) is 0. The lowest BCUT2D eigenvalue weighted by molar-refractivity contribution is 0.0994. The number of nitrogens with two attached hydrogens (primary N) is 1. The molecule has 0 atom stereocenters. The maximum Gasteiger partial charge on any atom is 0.329 e. The van der Waals surface area contributed by atoms with Crippen LogP contribution in [0.4, 0.5) is 0 Å². The molecule has 3 N–H and O–H groups in total. The molecule has 0 fully saturated rings. The molecular formula is C12H11N3O3. The SMILES string of the molecule is NC(=O)c1cc(=O)n(Cc2ccccc2)c(=O)[nH]1. The first-order chi connectivity index (χ1) is 8.58. The van der Waals surface area contributed by atoms with Gasteiger partial charge in [0.2, 0.25) is 0 Å². The van der Waals surface area contributed by atoms with E-state index in [2.05, 4.69) is 4.98 Å². The van der Waals surface area contributed by atoms with Gasteiger partial charge in [-0.3, -0.25) is 14.2 Å². The number of nitrogens with one attached hydrogen (secondary N) is 1. The summed E-state index contributed by atoms with van der Waals surface area (Å²) in [5.74, 6) is -0.837. The molecular weight excluding hydrogens is 234 g/mol. The Kier molecular flexibility index (Phi) is 3.09. The highest BCUT2D eigenvalue weighted by atomic mass is 16.2. The summed E-state index contributed by atoms with van der Waals surface area (Å²) in [6.45, 7) is 0.147. The average molecular weight is 245 g/mol. The normalized spacial score (nSPS) is 10.2. The molecule has 0 aliphatic heterocycles. The van der Waals surface area contributed by atoms with Crippen LogP contribution in [0.25, 0.3) is 0 Å². The van der Waals surface area contributed by atoms with Gasteiger partial charge in [0.1, 0.15) is 5.69 Å². The number of nitrogens with zero attached hydrogens (tertiary/aromatic N) is 1. The van der Waals surface area contributed by atoms with E-state index in [0.29, 0.717) is 0 Å². The Morgan fingerprint density at radius 3 is 2.44 bits per heavy atom. The highest BCUT2D eigenvalue weighted by molar-refractivity contribution is 5.90. The molecule has 0 aliphatic carbocycles. The van der Waals surface area contributed by atoms with Gasteiger partial charge in [-0.2, -0.15) is 0 Å². The molecule has 0 unspecified atom stereocenters. The van der Waals surface area contributed by atoms with Crippen LogP contribution in [0, 0.1) is 0 Å². The smallest absolute Gasteiger partial charge is 0.329 e. The summed E-state index contributed by atoms with van der Waals surface area (Å²) in [7, 11) is 0. The molecule has 18 heavy (non-hydrogen) atoms. The molecule has 0 saturated carbocycles. The molecule has 0 aliphatic rings. The Morgan fingerprint density at radius 1 is 1.22 bits per heavy atom. The average Bonchev–Trinajstić information content (AvgIpc) is 2.34. The van der Waals surface area contributed by atoms with Crippen LogP contribution in [0.15, 0.2) is 46.0 Å². The zero-order chi connectivity index (χ0) is 13.1. The minimum Gasteiger partial charge on any atom is -0.364 e. The van der Waals surface area contributed by atoms with E-state index in [1.165, 1.54) is 0 Å². The molecule has 0 saturated heterocycles. The summed E-state index contributed by atoms with van der Waals surface area (Å²) in [5.41, 5.74) is 4.42. The van der Waals surface area contributed by atoms with Crippen molar-refractivity contribution in [1.82, 2.24) is 9.55 Å². The fourth-order valence-electron chi connectivity index (χ4n) is 1.57. The first-order valence-electron chi connectivity index (χ1n) is 5.26. The molecule has 0 spiro atoms. The largest absolute Gasteiger partial charge is 0.364 e. The minimum atomic E-state index is -0.837. The van der Waals surface area contributed by atoms with E-state index in [1.807, 2.05) is 18.2 Å². The maximum atomic E-state index is 11.7. The molecule has 1 heterocycles. The third kappa shape index (κ3) is 2.37. The predicted octanol–water partition coefficient (Wildman–Crippen LogP) is -0.316. The molecule has 2 aromatic rings. The number of H-pyrrole nitrogens is 1. The van der Waals surface area contributed by atoms with Gasteiger partial charge >= 0.3 is 5.69 Å². The number of carbonyl (C=O) groups is 1. The molecule has 1 aromatic carbocycles. The van der Waals surface area contributed by atoms with Crippen LogP contribution in [-0.4, -0.2) is 15.5 Å². The van der Waals surface area contributed by atoms with Gasteiger partial charge in [0.05, 0.1) is 6.54 Å². The second-order valence-corrected chi connectivity index (χ2v) is 3.76. The van der Waals surface area contributed by atoms with Crippen molar-refractivity contribution in [2.75, 3.05) is 0 Å². The van der Waals surface area contributed by atoms with Gasteiger partial charge in [-0.25, -0.2) is 4.79 Å². The first-order valence-corrected chi connectivity index (χ1v) is 5.26. The molecule has 1 amide bonds. The van der Waals surface area contributed by atoms with Crippen LogP contribution in [0.3, 0.4) is 0 Å². The highest BCUT2D eigenvalue weighted by Crippen LogP contribution is 1.98. The molecule has 1 aromatic heterocycles. The van der Waals surface area contributed by atoms with E-state index in [-0.39, 0.29) is 12.2 Å².